The van der Waals surface area contributed by atoms with E-state index in [1.165, 1.54) is 6.07 Å². The number of aryl methyl sites for hydroxylation is 1. The van der Waals surface area contributed by atoms with Gasteiger partial charge in [0.1, 0.15) is 18.2 Å². The normalized spacial score (nSPS) is 17.1. The van der Waals surface area contributed by atoms with E-state index in [1.54, 1.807) is 18.2 Å². The van der Waals surface area contributed by atoms with Gasteiger partial charge in [-0.25, -0.2) is 4.39 Å². The smallest absolute Gasteiger partial charge is 0.148 e. The summed E-state index contributed by atoms with van der Waals surface area (Å²) in [4.78, 5) is 0. The lowest BCUT2D eigenvalue weighted by Crippen LogP contribution is -1.99. The first-order valence-corrected chi connectivity index (χ1v) is 6.89. The summed E-state index contributed by atoms with van der Waals surface area (Å²) in [5.41, 5.74) is 2.49. The number of rotatable bonds is 3. The lowest BCUT2D eigenvalue weighted by molar-refractivity contribution is 0.180. The van der Waals surface area contributed by atoms with Crippen LogP contribution in [0.25, 0.3) is 0 Å². The molecule has 0 unspecified atom stereocenters. The Labute approximate surface area is 121 Å². The van der Waals surface area contributed by atoms with Gasteiger partial charge < -0.3 is 9.84 Å². The molecule has 0 bridgehead atoms. The average molecular weight is 293 g/mol. The van der Waals surface area contributed by atoms with E-state index in [4.69, 9.17) is 16.3 Å². The van der Waals surface area contributed by atoms with Crippen molar-refractivity contribution in [1.29, 1.82) is 0 Å². The molecule has 3 rings (SSSR count). The molecule has 1 aliphatic rings. The molecule has 2 aromatic rings. The molecule has 0 saturated carbocycles. The number of ether oxygens (including phenoxy) is 1. The SMILES string of the molecule is O[C@H]1CCc2cc(OCc3cccc(Cl)c3F)ccc21. The predicted molar refractivity (Wildman–Crippen MR) is 75.5 cm³/mol. The number of halogens is 2. The van der Waals surface area contributed by atoms with Gasteiger partial charge >= 0.3 is 0 Å². The van der Waals surface area contributed by atoms with Crippen molar-refractivity contribution in [3.8, 4) is 5.75 Å². The van der Waals surface area contributed by atoms with Crippen LogP contribution >= 0.6 is 11.6 Å². The Kier molecular flexibility index (Phi) is 3.64. The van der Waals surface area contributed by atoms with Gasteiger partial charge in [0.25, 0.3) is 0 Å². The Morgan fingerprint density at radius 2 is 2.15 bits per heavy atom. The van der Waals surface area contributed by atoms with Crippen molar-refractivity contribution < 1.29 is 14.2 Å². The number of hydrogen-bond donors (Lipinski definition) is 1. The van der Waals surface area contributed by atoms with Crippen LogP contribution < -0.4 is 4.74 Å². The standard InChI is InChI=1S/C16H14ClFO2/c17-14-3-1-2-11(16(14)18)9-20-12-5-6-13-10(8-12)4-7-15(13)19/h1-3,5-6,8,15,19H,4,7,9H2/t15-/m0/s1. The minimum Gasteiger partial charge on any atom is -0.489 e. The van der Waals surface area contributed by atoms with Gasteiger partial charge in [0.15, 0.2) is 0 Å². The molecule has 0 amide bonds. The summed E-state index contributed by atoms with van der Waals surface area (Å²) < 4.78 is 19.3. The van der Waals surface area contributed by atoms with Crippen molar-refractivity contribution in [3.05, 3.63) is 63.9 Å². The topological polar surface area (TPSA) is 29.5 Å². The Morgan fingerprint density at radius 3 is 3.00 bits per heavy atom. The molecule has 0 aliphatic heterocycles. The Hall–Kier alpha value is -1.58. The maximum absolute atomic E-state index is 13.7. The molecular weight excluding hydrogens is 279 g/mol. The van der Waals surface area contributed by atoms with Gasteiger partial charge in [-0.1, -0.05) is 29.8 Å². The van der Waals surface area contributed by atoms with Crippen LogP contribution in [-0.4, -0.2) is 5.11 Å². The van der Waals surface area contributed by atoms with Gasteiger partial charge in [-0.2, -0.15) is 0 Å². The van der Waals surface area contributed by atoms with Crippen LogP contribution in [0.5, 0.6) is 5.75 Å². The van der Waals surface area contributed by atoms with E-state index in [1.807, 2.05) is 12.1 Å². The van der Waals surface area contributed by atoms with Gasteiger partial charge in [-0.3, -0.25) is 0 Å². The molecule has 0 radical (unpaired) electrons. The highest BCUT2D eigenvalue weighted by atomic mass is 35.5. The Balaban J connectivity index is 1.74. The van der Waals surface area contributed by atoms with Gasteiger partial charge in [0.2, 0.25) is 0 Å². The second kappa shape index (κ2) is 5.43. The number of hydrogen-bond acceptors (Lipinski definition) is 2. The quantitative estimate of drug-likeness (QED) is 0.925. The van der Waals surface area contributed by atoms with Crippen molar-refractivity contribution in [2.75, 3.05) is 0 Å². The highest BCUT2D eigenvalue weighted by Crippen LogP contribution is 2.33. The molecule has 2 aromatic carbocycles. The van der Waals surface area contributed by atoms with E-state index in [0.29, 0.717) is 11.3 Å². The molecule has 1 N–H and O–H groups in total. The lowest BCUT2D eigenvalue weighted by Gasteiger charge is -2.10. The molecule has 0 spiro atoms. The second-order valence-corrected chi connectivity index (χ2v) is 5.32. The molecule has 0 aromatic heterocycles. The van der Waals surface area contributed by atoms with Crippen LogP contribution in [0.4, 0.5) is 4.39 Å². The largest absolute Gasteiger partial charge is 0.489 e. The third kappa shape index (κ3) is 2.51. The maximum Gasteiger partial charge on any atom is 0.148 e. The summed E-state index contributed by atoms with van der Waals surface area (Å²) in [5.74, 6) is 0.239. The van der Waals surface area contributed by atoms with Crippen LogP contribution in [0.15, 0.2) is 36.4 Å². The minimum atomic E-state index is -0.439. The van der Waals surface area contributed by atoms with E-state index >= 15 is 0 Å². The molecule has 0 saturated heterocycles. The van der Waals surface area contributed by atoms with E-state index in [9.17, 15) is 9.50 Å². The molecule has 1 aliphatic carbocycles. The molecule has 0 heterocycles. The average Bonchev–Trinajstić information content (AvgIpc) is 2.82. The molecule has 0 fully saturated rings. The maximum atomic E-state index is 13.7. The summed E-state index contributed by atoms with van der Waals surface area (Å²) in [7, 11) is 0. The van der Waals surface area contributed by atoms with E-state index in [0.717, 1.165) is 24.0 Å². The predicted octanol–water partition coefficient (Wildman–Crippen LogP) is 4.04. The van der Waals surface area contributed by atoms with Crippen LogP contribution in [0.1, 0.15) is 29.2 Å². The van der Waals surface area contributed by atoms with Crippen molar-refractivity contribution in [2.24, 2.45) is 0 Å². The first kappa shape index (κ1) is 13.4. The first-order valence-electron chi connectivity index (χ1n) is 6.52. The Morgan fingerprint density at radius 1 is 1.30 bits per heavy atom. The van der Waals surface area contributed by atoms with Gasteiger partial charge in [-0.05, 0) is 42.2 Å². The van der Waals surface area contributed by atoms with Crippen LogP contribution in [0.2, 0.25) is 5.02 Å². The molecule has 1 atom stereocenters. The third-order valence-corrected chi connectivity index (χ3v) is 3.88. The monoisotopic (exact) mass is 292 g/mol. The molecule has 20 heavy (non-hydrogen) atoms. The molecule has 2 nitrogen and oxygen atoms in total. The first-order chi connectivity index (χ1) is 9.65. The van der Waals surface area contributed by atoms with Crippen LogP contribution in [-0.2, 0) is 13.0 Å². The molecular formula is C16H14ClFO2. The summed E-state index contributed by atoms with van der Waals surface area (Å²) in [6, 6.07) is 10.4. The fourth-order valence-electron chi connectivity index (χ4n) is 2.48. The summed E-state index contributed by atoms with van der Waals surface area (Å²) in [5, 5.41) is 9.84. The second-order valence-electron chi connectivity index (χ2n) is 4.92. The molecule has 4 heteroatoms. The van der Waals surface area contributed by atoms with Gasteiger partial charge in [0.05, 0.1) is 11.1 Å². The Bertz CT molecular complexity index is 642. The number of fused-ring (bicyclic) bond motifs is 1. The zero-order valence-electron chi connectivity index (χ0n) is 10.8. The summed E-state index contributed by atoms with van der Waals surface area (Å²) in [6.45, 7) is 0.133. The molecule has 104 valence electrons. The van der Waals surface area contributed by atoms with Crippen molar-refractivity contribution in [3.63, 3.8) is 0 Å². The fourth-order valence-corrected chi connectivity index (χ4v) is 2.68. The van der Waals surface area contributed by atoms with Crippen molar-refractivity contribution in [1.82, 2.24) is 0 Å². The number of aliphatic hydroxyl groups is 1. The summed E-state index contributed by atoms with van der Waals surface area (Å²) >= 11 is 5.73. The van der Waals surface area contributed by atoms with Crippen molar-refractivity contribution in [2.45, 2.75) is 25.6 Å². The zero-order chi connectivity index (χ0) is 14.1. The highest BCUT2D eigenvalue weighted by Gasteiger charge is 2.20. The van der Waals surface area contributed by atoms with E-state index in [2.05, 4.69) is 0 Å². The lowest BCUT2D eigenvalue weighted by atomic mass is 10.1. The number of benzene rings is 2. The van der Waals surface area contributed by atoms with E-state index < -0.39 is 5.82 Å². The third-order valence-electron chi connectivity index (χ3n) is 3.59. The van der Waals surface area contributed by atoms with Gasteiger partial charge in [-0.15, -0.1) is 0 Å². The summed E-state index contributed by atoms with van der Waals surface area (Å²) in [6.07, 6.45) is 1.23. The zero-order valence-corrected chi connectivity index (χ0v) is 11.5. The van der Waals surface area contributed by atoms with Gasteiger partial charge in [0, 0.05) is 5.56 Å². The minimum absolute atomic E-state index is 0.100. The van der Waals surface area contributed by atoms with Crippen LogP contribution in [0.3, 0.4) is 0 Å². The fraction of sp³-hybridized carbons (Fsp3) is 0.250. The van der Waals surface area contributed by atoms with Crippen LogP contribution in [0, 0.1) is 5.82 Å². The van der Waals surface area contributed by atoms with Crippen molar-refractivity contribution >= 4 is 11.6 Å². The van der Waals surface area contributed by atoms with E-state index in [-0.39, 0.29) is 17.7 Å². The number of aliphatic hydroxyl groups excluding tert-OH is 1. The highest BCUT2D eigenvalue weighted by molar-refractivity contribution is 6.30.